The first-order valence-corrected chi connectivity index (χ1v) is 6.14. The molecule has 0 radical (unpaired) electrons. The number of aromatic nitrogens is 1. The summed E-state index contributed by atoms with van der Waals surface area (Å²) in [6.45, 7) is 0. The third-order valence-corrected chi connectivity index (χ3v) is 3.14. The van der Waals surface area contributed by atoms with Crippen LogP contribution in [0.1, 0.15) is 22.7 Å². The summed E-state index contributed by atoms with van der Waals surface area (Å²) in [5.74, 6) is 4.55. The van der Waals surface area contributed by atoms with Gasteiger partial charge in [-0.1, -0.05) is 17.7 Å². The van der Waals surface area contributed by atoms with Gasteiger partial charge in [0.25, 0.3) is 0 Å². The maximum Gasteiger partial charge on any atom is 0.416 e. The average molecular weight is 320 g/mol. The van der Waals surface area contributed by atoms with Gasteiger partial charge in [-0.3, -0.25) is 10.8 Å². The molecule has 8 heteroatoms. The highest BCUT2D eigenvalue weighted by Gasteiger charge is 2.36. The summed E-state index contributed by atoms with van der Waals surface area (Å²) < 4.78 is 53.0. The van der Waals surface area contributed by atoms with Gasteiger partial charge in [0.1, 0.15) is 5.82 Å². The predicted octanol–water partition coefficient (Wildman–Crippen LogP) is 3.45. The maximum absolute atomic E-state index is 13.9. The van der Waals surface area contributed by atoms with Crippen molar-refractivity contribution in [2.24, 2.45) is 5.84 Å². The van der Waals surface area contributed by atoms with Crippen molar-refractivity contribution in [3.8, 4) is 0 Å². The summed E-state index contributed by atoms with van der Waals surface area (Å²) in [4.78, 5) is 3.66. The number of halogens is 5. The molecular formula is C13H10ClF4N3. The molecule has 0 bridgehead atoms. The second-order valence-electron chi connectivity index (χ2n) is 4.23. The Kier molecular flexibility index (Phi) is 4.46. The fourth-order valence-electron chi connectivity index (χ4n) is 1.98. The zero-order valence-corrected chi connectivity index (χ0v) is 11.2. The van der Waals surface area contributed by atoms with Crippen molar-refractivity contribution in [3.05, 3.63) is 64.2 Å². The van der Waals surface area contributed by atoms with Crippen LogP contribution in [0, 0.1) is 5.82 Å². The average Bonchev–Trinajstić information content (AvgIpc) is 2.41. The molecule has 3 nitrogen and oxygen atoms in total. The van der Waals surface area contributed by atoms with E-state index in [2.05, 4.69) is 10.4 Å². The molecule has 0 saturated carbocycles. The lowest BCUT2D eigenvalue weighted by Gasteiger charge is -2.21. The Labute approximate surface area is 122 Å². The molecule has 0 spiro atoms. The van der Waals surface area contributed by atoms with E-state index in [1.807, 2.05) is 0 Å². The van der Waals surface area contributed by atoms with Crippen LogP contribution in [-0.2, 0) is 6.18 Å². The SMILES string of the molecule is NNC(c1ccc(Cl)cc1F)c1cnccc1C(F)(F)F. The number of hydrogen-bond donors (Lipinski definition) is 2. The molecule has 1 aromatic heterocycles. The highest BCUT2D eigenvalue weighted by molar-refractivity contribution is 6.30. The van der Waals surface area contributed by atoms with Crippen LogP contribution < -0.4 is 11.3 Å². The third-order valence-electron chi connectivity index (χ3n) is 2.91. The standard InChI is InChI=1S/C13H10ClF4N3/c14-7-1-2-8(11(15)5-7)12(21-19)9-6-20-4-3-10(9)13(16,17)18/h1-6,12,21H,19H2. The Hall–Kier alpha value is -1.70. The molecule has 0 aliphatic heterocycles. The molecule has 0 fully saturated rings. The Morgan fingerprint density at radius 2 is 1.90 bits per heavy atom. The molecule has 2 rings (SSSR count). The monoisotopic (exact) mass is 319 g/mol. The molecule has 1 heterocycles. The van der Waals surface area contributed by atoms with E-state index >= 15 is 0 Å². The predicted molar refractivity (Wildman–Crippen MR) is 69.8 cm³/mol. The van der Waals surface area contributed by atoms with Crippen LogP contribution in [0.3, 0.4) is 0 Å². The maximum atomic E-state index is 13.9. The Bertz CT molecular complexity index is 646. The van der Waals surface area contributed by atoms with Crippen LogP contribution in [0.25, 0.3) is 0 Å². The van der Waals surface area contributed by atoms with Crippen LogP contribution in [0.4, 0.5) is 17.6 Å². The second kappa shape index (κ2) is 5.97. The lowest BCUT2D eigenvalue weighted by molar-refractivity contribution is -0.138. The number of alkyl halides is 3. The van der Waals surface area contributed by atoms with Gasteiger partial charge in [-0.25, -0.2) is 9.82 Å². The van der Waals surface area contributed by atoms with E-state index in [0.717, 1.165) is 24.5 Å². The number of pyridine rings is 1. The van der Waals surface area contributed by atoms with Crippen molar-refractivity contribution in [1.82, 2.24) is 10.4 Å². The van der Waals surface area contributed by atoms with Crippen molar-refractivity contribution in [2.75, 3.05) is 0 Å². The van der Waals surface area contributed by atoms with Gasteiger partial charge in [-0.15, -0.1) is 0 Å². The summed E-state index contributed by atoms with van der Waals surface area (Å²) in [5, 5.41) is 0.134. The Morgan fingerprint density at radius 3 is 2.48 bits per heavy atom. The smallest absolute Gasteiger partial charge is 0.271 e. The first kappa shape index (κ1) is 15.7. The van der Waals surface area contributed by atoms with Crippen molar-refractivity contribution < 1.29 is 17.6 Å². The number of nitrogens with one attached hydrogen (secondary N) is 1. The third kappa shape index (κ3) is 3.31. The molecule has 21 heavy (non-hydrogen) atoms. The minimum Gasteiger partial charge on any atom is -0.271 e. The summed E-state index contributed by atoms with van der Waals surface area (Å²) in [6, 6.07) is 3.26. The number of hydrogen-bond acceptors (Lipinski definition) is 3. The van der Waals surface area contributed by atoms with Crippen molar-refractivity contribution >= 4 is 11.6 Å². The van der Waals surface area contributed by atoms with Crippen molar-refractivity contribution in [3.63, 3.8) is 0 Å². The molecule has 112 valence electrons. The molecular weight excluding hydrogens is 310 g/mol. The topological polar surface area (TPSA) is 50.9 Å². The molecule has 1 unspecified atom stereocenters. The minimum absolute atomic E-state index is 0.0552. The molecule has 0 aliphatic carbocycles. The van der Waals surface area contributed by atoms with Crippen LogP contribution in [-0.4, -0.2) is 4.98 Å². The zero-order valence-electron chi connectivity index (χ0n) is 10.5. The summed E-state index contributed by atoms with van der Waals surface area (Å²) in [5.41, 5.74) is 0.924. The number of nitrogens with zero attached hydrogens (tertiary/aromatic N) is 1. The molecule has 1 atom stereocenters. The number of nitrogens with two attached hydrogens (primary N) is 1. The van der Waals surface area contributed by atoms with E-state index in [1.54, 1.807) is 0 Å². The van der Waals surface area contributed by atoms with Crippen LogP contribution in [0.2, 0.25) is 5.02 Å². The van der Waals surface area contributed by atoms with E-state index in [-0.39, 0.29) is 16.1 Å². The van der Waals surface area contributed by atoms with Crippen LogP contribution in [0.15, 0.2) is 36.7 Å². The number of benzene rings is 1. The van der Waals surface area contributed by atoms with Gasteiger partial charge >= 0.3 is 6.18 Å². The van der Waals surface area contributed by atoms with Gasteiger partial charge in [0.15, 0.2) is 0 Å². The van der Waals surface area contributed by atoms with Crippen LogP contribution in [0.5, 0.6) is 0 Å². The highest BCUT2D eigenvalue weighted by Crippen LogP contribution is 2.36. The summed E-state index contributed by atoms with van der Waals surface area (Å²) in [6.07, 6.45) is -2.59. The fourth-order valence-corrected chi connectivity index (χ4v) is 2.14. The number of rotatable bonds is 3. The summed E-state index contributed by atoms with van der Waals surface area (Å²) >= 11 is 5.63. The minimum atomic E-state index is -4.60. The largest absolute Gasteiger partial charge is 0.416 e. The van der Waals surface area contributed by atoms with E-state index in [9.17, 15) is 17.6 Å². The molecule has 0 saturated heterocycles. The van der Waals surface area contributed by atoms with Gasteiger partial charge in [-0.05, 0) is 18.2 Å². The summed E-state index contributed by atoms with van der Waals surface area (Å²) in [7, 11) is 0. The van der Waals surface area contributed by atoms with E-state index in [4.69, 9.17) is 17.4 Å². The van der Waals surface area contributed by atoms with Gasteiger partial charge in [0.2, 0.25) is 0 Å². The number of hydrazine groups is 1. The Balaban J connectivity index is 2.57. The van der Waals surface area contributed by atoms with E-state index in [1.165, 1.54) is 12.1 Å². The fraction of sp³-hybridized carbons (Fsp3) is 0.154. The molecule has 2 aromatic rings. The zero-order chi connectivity index (χ0) is 15.6. The Morgan fingerprint density at radius 1 is 1.19 bits per heavy atom. The van der Waals surface area contributed by atoms with Gasteiger partial charge in [-0.2, -0.15) is 13.2 Å². The second-order valence-corrected chi connectivity index (χ2v) is 4.66. The van der Waals surface area contributed by atoms with Gasteiger partial charge < -0.3 is 0 Å². The molecule has 1 aromatic carbocycles. The first-order chi connectivity index (χ1) is 9.84. The quantitative estimate of drug-likeness (QED) is 0.517. The van der Waals surface area contributed by atoms with Crippen LogP contribution >= 0.6 is 11.6 Å². The lowest BCUT2D eigenvalue weighted by atomic mass is 9.96. The normalized spacial score (nSPS) is 13.2. The van der Waals surface area contributed by atoms with Crippen molar-refractivity contribution in [1.29, 1.82) is 0 Å². The highest BCUT2D eigenvalue weighted by atomic mass is 35.5. The van der Waals surface area contributed by atoms with E-state index < -0.39 is 23.6 Å². The molecule has 3 N–H and O–H groups in total. The molecule has 0 amide bonds. The van der Waals surface area contributed by atoms with Gasteiger partial charge in [0, 0.05) is 28.5 Å². The van der Waals surface area contributed by atoms with E-state index in [0.29, 0.717) is 0 Å². The molecule has 0 aliphatic rings. The van der Waals surface area contributed by atoms with Gasteiger partial charge in [0.05, 0.1) is 11.6 Å². The van der Waals surface area contributed by atoms with Crippen molar-refractivity contribution in [2.45, 2.75) is 12.2 Å². The lowest BCUT2D eigenvalue weighted by Crippen LogP contribution is -2.31. The first-order valence-electron chi connectivity index (χ1n) is 5.76.